The van der Waals surface area contributed by atoms with Gasteiger partial charge in [-0.15, -0.1) is 0 Å². The molecule has 0 bridgehead atoms. The van der Waals surface area contributed by atoms with Crippen molar-refractivity contribution in [2.75, 3.05) is 7.11 Å². The molecule has 0 heterocycles. The molecule has 1 rings (SSSR count). The molecule has 0 saturated heterocycles. The molecule has 0 radical (unpaired) electrons. The fourth-order valence-corrected chi connectivity index (χ4v) is 1.89. The summed E-state index contributed by atoms with van der Waals surface area (Å²) < 4.78 is 9.95. The average molecular weight is 306 g/mol. The van der Waals surface area contributed by atoms with E-state index in [4.69, 9.17) is 4.74 Å². The van der Waals surface area contributed by atoms with Crippen LogP contribution in [0.25, 0.3) is 0 Å². The van der Waals surface area contributed by atoms with Crippen LogP contribution < -0.4 is 0 Å². The van der Waals surface area contributed by atoms with E-state index in [-0.39, 0.29) is 12.2 Å². The number of carbonyl (C=O) groups is 3. The summed E-state index contributed by atoms with van der Waals surface area (Å²) in [4.78, 5) is 35.3. The fourth-order valence-electron chi connectivity index (χ4n) is 1.89. The van der Waals surface area contributed by atoms with Crippen LogP contribution in [0.2, 0.25) is 0 Å². The molecule has 0 aliphatic rings. The van der Waals surface area contributed by atoms with E-state index in [1.54, 1.807) is 45.0 Å². The fraction of sp³-hybridized carbons (Fsp3) is 0.471. The maximum absolute atomic E-state index is 12.2. The Morgan fingerprint density at radius 1 is 1.05 bits per heavy atom. The number of Topliss-reactive ketones (excluding diaryl/α,β-unsaturated/α-hetero) is 1. The lowest BCUT2D eigenvalue weighted by Gasteiger charge is -2.23. The van der Waals surface area contributed by atoms with Gasteiger partial charge < -0.3 is 9.47 Å². The van der Waals surface area contributed by atoms with Crippen molar-refractivity contribution in [1.82, 2.24) is 0 Å². The normalized spacial score (nSPS) is 12.4. The maximum atomic E-state index is 12.2. The predicted molar refractivity (Wildman–Crippen MR) is 81.5 cm³/mol. The molecule has 0 aliphatic heterocycles. The van der Waals surface area contributed by atoms with Gasteiger partial charge in [-0.25, -0.2) is 0 Å². The SMILES string of the molecule is COC(=O)C(Cc1ccc(C(C)=O)cc1)C(=O)OC(C)(C)C. The predicted octanol–water partition coefficient (Wildman–Crippen LogP) is 2.56. The first-order valence-corrected chi connectivity index (χ1v) is 7.04. The molecule has 1 aromatic rings. The molecule has 120 valence electrons. The molecule has 0 saturated carbocycles. The Hall–Kier alpha value is -2.17. The molecule has 5 nitrogen and oxygen atoms in total. The first kappa shape index (κ1) is 17.9. The van der Waals surface area contributed by atoms with Crippen LogP contribution >= 0.6 is 0 Å². The molecule has 5 heteroatoms. The van der Waals surface area contributed by atoms with Gasteiger partial charge in [0.05, 0.1) is 7.11 Å². The zero-order chi connectivity index (χ0) is 16.9. The van der Waals surface area contributed by atoms with Gasteiger partial charge in [-0.3, -0.25) is 14.4 Å². The van der Waals surface area contributed by atoms with E-state index >= 15 is 0 Å². The number of methoxy groups -OCH3 is 1. The third-order valence-corrected chi connectivity index (χ3v) is 2.98. The van der Waals surface area contributed by atoms with Crippen LogP contribution in [-0.2, 0) is 25.5 Å². The summed E-state index contributed by atoms with van der Waals surface area (Å²) in [6.45, 7) is 6.69. The van der Waals surface area contributed by atoms with Crippen molar-refractivity contribution in [3.63, 3.8) is 0 Å². The molecular weight excluding hydrogens is 284 g/mol. The summed E-state index contributed by atoms with van der Waals surface area (Å²) in [5.41, 5.74) is 0.656. The Balaban J connectivity index is 2.92. The van der Waals surface area contributed by atoms with Gasteiger partial charge in [-0.1, -0.05) is 24.3 Å². The second-order valence-corrected chi connectivity index (χ2v) is 6.07. The van der Waals surface area contributed by atoms with E-state index in [0.29, 0.717) is 5.56 Å². The number of ketones is 1. The van der Waals surface area contributed by atoms with E-state index in [1.165, 1.54) is 14.0 Å². The Labute approximate surface area is 130 Å². The van der Waals surface area contributed by atoms with Gasteiger partial charge in [-0.2, -0.15) is 0 Å². The number of carbonyl (C=O) groups excluding carboxylic acids is 3. The van der Waals surface area contributed by atoms with Gasteiger partial charge in [0.25, 0.3) is 0 Å². The van der Waals surface area contributed by atoms with Crippen molar-refractivity contribution >= 4 is 17.7 Å². The van der Waals surface area contributed by atoms with E-state index < -0.39 is 23.5 Å². The first-order valence-electron chi connectivity index (χ1n) is 7.04. The van der Waals surface area contributed by atoms with E-state index in [2.05, 4.69) is 4.74 Å². The monoisotopic (exact) mass is 306 g/mol. The highest BCUT2D eigenvalue weighted by molar-refractivity contribution is 5.95. The molecular formula is C17H22O5. The van der Waals surface area contributed by atoms with Crippen LogP contribution in [0, 0.1) is 5.92 Å². The number of benzene rings is 1. The minimum atomic E-state index is -1.02. The Morgan fingerprint density at radius 2 is 1.59 bits per heavy atom. The van der Waals surface area contributed by atoms with Crippen LogP contribution in [0.1, 0.15) is 43.6 Å². The number of rotatable bonds is 5. The van der Waals surface area contributed by atoms with E-state index in [0.717, 1.165) is 5.56 Å². The third kappa shape index (κ3) is 5.31. The minimum Gasteiger partial charge on any atom is -0.468 e. The van der Waals surface area contributed by atoms with Crippen LogP contribution in [0.5, 0.6) is 0 Å². The quantitative estimate of drug-likeness (QED) is 0.475. The highest BCUT2D eigenvalue weighted by atomic mass is 16.6. The lowest BCUT2D eigenvalue weighted by molar-refractivity contribution is -0.168. The van der Waals surface area contributed by atoms with Crippen molar-refractivity contribution < 1.29 is 23.9 Å². The van der Waals surface area contributed by atoms with Gasteiger partial charge in [0.2, 0.25) is 0 Å². The van der Waals surface area contributed by atoms with Crippen molar-refractivity contribution in [2.24, 2.45) is 5.92 Å². The lowest BCUT2D eigenvalue weighted by Crippen LogP contribution is -2.34. The Bertz CT molecular complexity index is 551. The zero-order valence-electron chi connectivity index (χ0n) is 13.6. The smallest absolute Gasteiger partial charge is 0.321 e. The number of hydrogen-bond donors (Lipinski definition) is 0. The first-order chi connectivity index (χ1) is 10.1. The van der Waals surface area contributed by atoms with Crippen LogP contribution in [0.4, 0.5) is 0 Å². The number of esters is 2. The second kappa shape index (κ2) is 7.20. The highest BCUT2D eigenvalue weighted by Crippen LogP contribution is 2.17. The molecule has 22 heavy (non-hydrogen) atoms. The van der Waals surface area contributed by atoms with Gasteiger partial charge >= 0.3 is 11.9 Å². The molecule has 0 amide bonds. The summed E-state index contributed by atoms with van der Waals surface area (Å²) >= 11 is 0. The topological polar surface area (TPSA) is 69.7 Å². The standard InChI is InChI=1S/C17H22O5/c1-11(18)13-8-6-12(7-9-13)10-14(15(19)21-5)16(20)22-17(2,3)4/h6-9,14H,10H2,1-5H3. The second-order valence-electron chi connectivity index (χ2n) is 6.07. The minimum absolute atomic E-state index is 0.0387. The number of hydrogen-bond acceptors (Lipinski definition) is 5. The summed E-state index contributed by atoms with van der Waals surface area (Å²) in [6, 6.07) is 6.77. The average Bonchev–Trinajstić information content (AvgIpc) is 2.42. The molecule has 0 aliphatic carbocycles. The van der Waals surface area contributed by atoms with Crippen LogP contribution in [-0.4, -0.2) is 30.4 Å². The molecule has 0 N–H and O–H groups in total. The molecule has 1 aromatic carbocycles. The van der Waals surface area contributed by atoms with Gasteiger partial charge in [-0.05, 0) is 39.7 Å². The highest BCUT2D eigenvalue weighted by Gasteiger charge is 2.32. The largest absolute Gasteiger partial charge is 0.468 e. The third-order valence-electron chi connectivity index (χ3n) is 2.98. The van der Waals surface area contributed by atoms with Crippen molar-refractivity contribution in [2.45, 2.75) is 39.7 Å². The summed E-state index contributed by atoms with van der Waals surface area (Å²) in [7, 11) is 1.23. The van der Waals surface area contributed by atoms with Crippen molar-refractivity contribution in [3.05, 3.63) is 35.4 Å². The van der Waals surface area contributed by atoms with Crippen molar-refractivity contribution in [1.29, 1.82) is 0 Å². The lowest BCUT2D eigenvalue weighted by atomic mass is 9.97. The Morgan fingerprint density at radius 3 is 2.00 bits per heavy atom. The van der Waals surface area contributed by atoms with Crippen LogP contribution in [0.15, 0.2) is 24.3 Å². The molecule has 0 aromatic heterocycles. The molecule has 1 atom stereocenters. The number of ether oxygens (including phenoxy) is 2. The molecule has 1 unspecified atom stereocenters. The van der Waals surface area contributed by atoms with Gasteiger partial charge in [0.15, 0.2) is 11.7 Å². The molecule has 0 spiro atoms. The van der Waals surface area contributed by atoms with E-state index in [1.807, 2.05) is 0 Å². The summed E-state index contributed by atoms with van der Waals surface area (Å²) in [6.07, 6.45) is 0.166. The van der Waals surface area contributed by atoms with Crippen molar-refractivity contribution in [3.8, 4) is 0 Å². The zero-order valence-corrected chi connectivity index (χ0v) is 13.6. The Kier molecular flexibility index (Phi) is 5.85. The van der Waals surface area contributed by atoms with E-state index in [9.17, 15) is 14.4 Å². The molecule has 0 fully saturated rings. The summed E-state index contributed by atoms with van der Waals surface area (Å²) in [5, 5.41) is 0. The maximum Gasteiger partial charge on any atom is 0.321 e. The van der Waals surface area contributed by atoms with Crippen LogP contribution in [0.3, 0.4) is 0 Å². The van der Waals surface area contributed by atoms with Gasteiger partial charge in [0, 0.05) is 5.56 Å². The van der Waals surface area contributed by atoms with Gasteiger partial charge in [0.1, 0.15) is 5.60 Å². The summed E-state index contributed by atoms with van der Waals surface area (Å²) in [5.74, 6) is -2.31.